The molecule has 1 fully saturated rings. The van der Waals surface area contributed by atoms with Crippen LogP contribution in [0.25, 0.3) is 0 Å². The van der Waals surface area contributed by atoms with E-state index in [1.807, 2.05) is 11.0 Å². The average molecular weight is 381 g/mol. The topological polar surface area (TPSA) is 82.2 Å². The number of hydrogen-bond donors (Lipinski definition) is 0. The van der Waals surface area contributed by atoms with Gasteiger partial charge in [-0.05, 0) is 12.1 Å². The van der Waals surface area contributed by atoms with Crippen LogP contribution in [0, 0.1) is 11.3 Å². The van der Waals surface area contributed by atoms with E-state index in [1.165, 1.54) is 28.8 Å². The second kappa shape index (κ2) is 7.49. The molecule has 2 heterocycles. The second-order valence-electron chi connectivity index (χ2n) is 5.82. The zero-order valence-corrected chi connectivity index (χ0v) is 14.6. The quantitative estimate of drug-likeness (QED) is 0.787. The van der Waals surface area contributed by atoms with Crippen LogP contribution >= 0.6 is 0 Å². The number of nitrogens with zero attached hydrogens (tertiary/aromatic N) is 5. The highest BCUT2D eigenvalue weighted by Crippen LogP contribution is 2.22. The van der Waals surface area contributed by atoms with Gasteiger partial charge in [0, 0.05) is 38.6 Å². The third-order valence-corrected chi connectivity index (χ3v) is 6.24. The maximum Gasteiger partial charge on any atom is 0.319 e. The van der Waals surface area contributed by atoms with Gasteiger partial charge >= 0.3 is 6.55 Å². The van der Waals surface area contributed by atoms with Crippen LogP contribution in [-0.2, 0) is 16.6 Å². The van der Waals surface area contributed by atoms with Crippen molar-refractivity contribution in [3.63, 3.8) is 0 Å². The van der Waals surface area contributed by atoms with Gasteiger partial charge in [-0.15, -0.1) is 0 Å². The zero-order valence-electron chi connectivity index (χ0n) is 13.8. The molecule has 0 radical (unpaired) electrons. The number of nitriles is 1. The fraction of sp³-hybridized carbons (Fsp3) is 0.375. The van der Waals surface area contributed by atoms with Crippen LogP contribution in [0.2, 0.25) is 0 Å². The van der Waals surface area contributed by atoms with Crippen LogP contribution in [0.1, 0.15) is 17.9 Å². The second-order valence-corrected chi connectivity index (χ2v) is 7.72. The van der Waals surface area contributed by atoms with Crippen molar-refractivity contribution >= 4 is 10.0 Å². The van der Waals surface area contributed by atoms with Gasteiger partial charge in [0.1, 0.15) is 11.9 Å². The number of hydrogen-bond acceptors (Lipinski definition) is 5. The zero-order chi connectivity index (χ0) is 18.7. The first-order valence-electron chi connectivity index (χ1n) is 7.95. The number of halogens is 2. The van der Waals surface area contributed by atoms with Gasteiger partial charge in [-0.2, -0.15) is 18.3 Å². The van der Waals surface area contributed by atoms with Gasteiger partial charge in [0.2, 0.25) is 10.0 Å². The summed E-state index contributed by atoms with van der Waals surface area (Å²) in [6.45, 7) is -1.21. The molecular formula is C16H17F2N5O2S. The van der Waals surface area contributed by atoms with Crippen LogP contribution in [0.5, 0.6) is 0 Å². The maximum atomic E-state index is 12.9. The Balaban J connectivity index is 1.68. The van der Waals surface area contributed by atoms with Gasteiger partial charge < -0.3 is 0 Å². The number of sulfonamides is 1. The van der Waals surface area contributed by atoms with Crippen molar-refractivity contribution in [2.45, 2.75) is 18.0 Å². The van der Waals surface area contributed by atoms with Crippen molar-refractivity contribution in [1.82, 2.24) is 18.8 Å². The van der Waals surface area contributed by atoms with Crippen LogP contribution in [0.4, 0.5) is 8.78 Å². The van der Waals surface area contributed by atoms with Crippen LogP contribution in [0.3, 0.4) is 0 Å². The Bertz CT molecular complexity index is 915. The molecule has 2 aromatic rings. The average Bonchev–Trinajstić information content (AvgIpc) is 3.10. The van der Waals surface area contributed by atoms with Gasteiger partial charge in [-0.1, -0.05) is 12.1 Å². The molecule has 0 bridgehead atoms. The predicted molar refractivity (Wildman–Crippen MR) is 88.7 cm³/mol. The first-order chi connectivity index (χ1) is 12.4. The van der Waals surface area contributed by atoms with Crippen molar-refractivity contribution in [2.75, 3.05) is 26.2 Å². The number of rotatable bonds is 5. The summed E-state index contributed by atoms with van der Waals surface area (Å²) in [5.74, 6) is 0.242. The number of piperazine rings is 1. The monoisotopic (exact) mass is 381 g/mol. The molecule has 0 amide bonds. The molecule has 10 heteroatoms. The molecule has 1 aromatic heterocycles. The molecule has 0 atom stereocenters. The molecule has 0 N–H and O–H groups in total. The first-order valence-corrected chi connectivity index (χ1v) is 9.39. The number of benzene rings is 1. The Hall–Kier alpha value is -2.35. The van der Waals surface area contributed by atoms with E-state index in [0.717, 1.165) is 4.57 Å². The molecule has 0 saturated carbocycles. The summed E-state index contributed by atoms with van der Waals surface area (Å²) in [4.78, 5) is 5.81. The molecule has 0 unspecified atom stereocenters. The van der Waals surface area contributed by atoms with Crippen molar-refractivity contribution in [3.8, 4) is 6.07 Å². The smallest absolute Gasteiger partial charge is 0.293 e. The molecule has 0 spiro atoms. The van der Waals surface area contributed by atoms with E-state index in [9.17, 15) is 17.2 Å². The van der Waals surface area contributed by atoms with E-state index < -0.39 is 16.6 Å². The molecule has 1 aromatic carbocycles. The van der Waals surface area contributed by atoms with Crippen molar-refractivity contribution < 1.29 is 17.2 Å². The Morgan fingerprint density at radius 2 is 1.88 bits per heavy atom. The lowest BCUT2D eigenvalue weighted by molar-refractivity contribution is 0.0626. The molecule has 1 aliphatic rings. The molecule has 26 heavy (non-hydrogen) atoms. The minimum Gasteiger partial charge on any atom is -0.293 e. The molecule has 138 valence electrons. The lowest BCUT2D eigenvalue weighted by atomic mass is 10.2. The summed E-state index contributed by atoms with van der Waals surface area (Å²) in [6, 6.07) is 7.97. The Kier molecular flexibility index (Phi) is 5.31. The summed E-state index contributed by atoms with van der Waals surface area (Å²) in [6.07, 6.45) is 2.54. The maximum absolute atomic E-state index is 12.9. The first kappa shape index (κ1) is 18.4. The fourth-order valence-electron chi connectivity index (χ4n) is 2.90. The highest BCUT2D eigenvalue weighted by molar-refractivity contribution is 7.89. The van der Waals surface area contributed by atoms with Crippen molar-refractivity contribution in [3.05, 3.63) is 48.0 Å². The van der Waals surface area contributed by atoms with Gasteiger partial charge in [0.25, 0.3) is 0 Å². The Morgan fingerprint density at radius 1 is 1.19 bits per heavy atom. The van der Waals surface area contributed by atoms with Gasteiger partial charge in [0.15, 0.2) is 0 Å². The summed E-state index contributed by atoms with van der Waals surface area (Å²) in [7, 11) is -3.77. The number of imidazole rings is 1. The molecule has 1 aliphatic heterocycles. The number of alkyl halides is 2. The van der Waals surface area contributed by atoms with E-state index in [0.29, 0.717) is 13.1 Å². The third kappa shape index (κ3) is 3.60. The van der Waals surface area contributed by atoms with Gasteiger partial charge in [-0.3, -0.25) is 9.47 Å². The SMILES string of the molecule is N#Cc1ccccc1S(=O)(=O)N1CCN(Cc2nccn2C(F)F)CC1. The largest absolute Gasteiger partial charge is 0.319 e. The number of aromatic nitrogens is 2. The Morgan fingerprint density at radius 3 is 2.54 bits per heavy atom. The Labute approximate surface area is 150 Å². The molecule has 1 saturated heterocycles. The van der Waals surface area contributed by atoms with E-state index >= 15 is 0 Å². The van der Waals surface area contributed by atoms with E-state index in [1.54, 1.807) is 12.1 Å². The minimum absolute atomic E-state index is 0.0100. The van der Waals surface area contributed by atoms with Gasteiger partial charge in [0.05, 0.1) is 17.0 Å². The lowest BCUT2D eigenvalue weighted by Crippen LogP contribution is -2.48. The van der Waals surface area contributed by atoms with Crippen molar-refractivity contribution in [2.24, 2.45) is 0 Å². The van der Waals surface area contributed by atoms with E-state index in [4.69, 9.17) is 5.26 Å². The third-order valence-electron chi connectivity index (χ3n) is 4.28. The summed E-state index contributed by atoms with van der Waals surface area (Å²) in [5, 5.41) is 9.12. The molecular weight excluding hydrogens is 364 g/mol. The predicted octanol–water partition coefficient (Wildman–Crippen LogP) is 1.66. The molecule has 3 rings (SSSR count). The van der Waals surface area contributed by atoms with Crippen LogP contribution in [-0.4, -0.2) is 53.4 Å². The highest BCUT2D eigenvalue weighted by atomic mass is 32.2. The van der Waals surface area contributed by atoms with E-state index in [2.05, 4.69) is 4.98 Å². The summed E-state index contributed by atoms with van der Waals surface area (Å²) in [5.41, 5.74) is 0.105. The summed E-state index contributed by atoms with van der Waals surface area (Å²) >= 11 is 0. The standard InChI is InChI=1S/C16H17F2N5O2S/c17-16(18)23-6-5-20-15(23)12-21-7-9-22(10-8-21)26(24,25)14-4-2-1-3-13(14)11-19/h1-6,16H,7-10,12H2. The lowest BCUT2D eigenvalue weighted by Gasteiger charge is -2.33. The normalized spacial score (nSPS) is 16.7. The van der Waals surface area contributed by atoms with Crippen LogP contribution < -0.4 is 0 Å². The molecule has 0 aliphatic carbocycles. The van der Waals surface area contributed by atoms with Crippen LogP contribution in [0.15, 0.2) is 41.6 Å². The van der Waals surface area contributed by atoms with Gasteiger partial charge in [-0.25, -0.2) is 13.4 Å². The fourth-order valence-corrected chi connectivity index (χ4v) is 4.46. The van der Waals surface area contributed by atoms with E-state index in [-0.39, 0.29) is 35.9 Å². The minimum atomic E-state index is -3.77. The molecule has 7 nitrogen and oxygen atoms in total. The summed E-state index contributed by atoms with van der Waals surface area (Å²) < 4.78 is 53.4. The highest BCUT2D eigenvalue weighted by Gasteiger charge is 2.30. The van der Waals surface area contributed by atoms with Crippen molar-refractivity contribution in [1.29, 1.82) is 5.26 Å².